The molecule has 3 rings (SSSR count). The van der Waals surface area contributed by atoms with Crippen LogP contribution in [0.15, 0.2) is 28.7 Å². The van der Waals surface area contributed by atoms with Crippen LogP contribution < -0.4 is 4.74 Å². The molecule has 24 heavy (non-hydrogen) atoms. The van der Waals surface area contributed by atoms with Crippen LogP contribution in [0.2, 0.25) is 0 Å². The van der Waals surface area contributed by atoms with Gasteiger partial charge in [-0.05, 0) is 17.7 Å². The van der Waals surface area contributed by atoms with E-state index < -0.39 is 0 Å². The van der Waals surface area contributed by atoms with Crippen LogP contribution in [-0.2, 0) is 17.7 Å². The third kappa shape index (κ3) is 4.33. The molecule has 6 heteroatoms. The van der Waals surface area contributed by atoms with Crippen molar-refractivity contribution in [1.82, 2.24) is 15.1 Å². The van der Waals surface area contributed by atoms with E-state index in [1.54, 1.807) is 7.11 Å². The minimum atomic E-state index is 0.165. The summed E-state index contributed by atoms with van der Waals surface area (Å²) in [6, 6.07) is 8.15. The summed E-state index contributed by atoms with van der Waals surface area (Å²) >= 11 is 0. The van der Waals surface area contributed by atoms with E-state index in [1.807, 2.05) is 12.1 Å². The Morgan fingerprint density at radius 1 is 1.33 bits per heavy atom. The molecule has 6 nitrogen and oxygen atoms in total. The van der Waals surface area contributed by atoms with Crippen molar-refractivity contribution in [3.63, 3.8) is 0 Å². The number of ether oxygens (including phenoxy) is 2. The van der Waals surface area contributed by atoms with Crippen LogP contribution in [0.3, 0.4) is 0 Å². The highest BCUT2D eigenvalue weighted by atomic mass is 16.5. The highest BCUT2D eigenvalue weighted by Gasteiger charge is 2.23. The van der Waals surface area contributed by atoms with E-state index in [-0.39, 0.29) is 12.0 Å². The average Bonchev–Trinajstić information content (AvgIpc) is 3.04. The summed E-state index contributed by atoms with van der Waals surface area (Å²) in [6.07, 6.45) is 1.03. The Morgan fingerprint density at radius 3 is 2.96 bits per heavy atom. The second kappa shape index (κ2) is 7.77. The van der Waals surface area contributed by atoms with Gasteiger partial charge in [-0.3, -0.25) is 4.90 Å². The van der Waals surface area contributed by atoms with Crippen LogP contribution >= 0.6 is 0 Å². The van der Waals surface area contributed by atoms with Gasteiger partial charge in [0.2, 0.25) is 11.8 Å². The fraction of sp³-hybridized carbons (Fsp3) is 0.556. The summed E-state index contributed by atoms with van der Waals surface area (Å²) in [7, 11) is 1.69. The molecule has 1 aromatic carbocycles. The zero-order valence-corrected chi connectivity index (χ0v) is 14.6. The number of hydrogen-bond donors (Lipinski definition) is 0. The van der Waals surface area contributed by atoms with Crippen LogP contribution in [0.1, 0.15) is 37.1 Å². The number of hydrogen-bond acceptors (Lipinski definition) is 6. The normalized spacial score (nSPS) is 18.9. The van der Waals surface area contributed by atoms with Gasteiger partial charge in [-0.15, -0.1) is 10.2 Å². The smallest absolute Gasteiger partial charge is 0.230 e. The first kappa shape index (κ1) is 16.9. The summed E-state index contributed by atoms with van der Waals surface area (Å²) in [4.78, 5) is 2.31. The molecule has 1 fully saturated rings. The predicted octanol–water partition coefficient (Wildman–Crippen LogP) is 2.65. The number of nitrogens with zero attached hydrogens (tertiary/aromatic N) is 3. The van der Waals surface area contributed by atoms with Gasteiger partial charge in [-0.2, -0.15) is 0 Å². The summed E-state index contributed by atoms with van der Waals surface area (Å²) in [6.45, 7) is 7.24. The molecule has 0 amide bonds. The second-order valence-electron chi connectivity index (χ2n) is 6.47. The van der Waals surface area contributed by atoms with Gasteiger partial charge in [0.25, 0.3) is 0 Å². The van der Waals surface area contributed by atoms with E-state index in [1.165, 1.54) is 5.56 Å². The van der Waals surface area contributed by atoms with Crippen molar-refractivity contribution in [2.75, 3.05) is 26.8 Å². The molecule has 1 atom stereocenters. The molecule has 0 saturated carbocycles. The summed E-state index contributed by atoms with van der Waals surface area (Å²) in [5.74, 6) is 2.52. The predicted molar refractivity (Wildman–Crippen MR) is 90.1 cm³/mol. The zero-order valence-electron chi connectivity index (χ0n) is 14.6. The molecule has 1 aromatic heterocycles. The molecule has 2 aromatic rings. The molecule has 1 aliphatic rings. The highest BCUT2D eigenvalue weighted by molar-refractivity contribution is 5.28. The maximum Gasteiger partial charge on any atom is 0.230 e. The molecule has 0 aliphatic carbocycles. The molecule has 1 aliphatic heterocycles. The Kier molecular flexibility index (Phi) is 5.48. The highest BCUT2D eigenvalue weighted by Crippen LogP contribution is 2.18. The van der Waals surface area contributed by atoms with Gasteiger partial charge in [-0.1, -0.05) is 26.0 Å². The Bertz CT molecular complexity index is 656. The summed E-state index contributed by atoms with van der Waals surface area (Å²) < 4.78 is 16.9. The lowest BCUT2D eigenvalue weighted by molar-refractivity contribution is -0.0328. The first-order valence-electron chi connectivity index (χ1n) is 8.43. The summed E-state index contributed by atoms with van der Waals surface area (Å²) in [5.41, 5.74) is 1.22. The molecule has 0 spiro atoms. The molecule has 0 unspecified atom stereocenters. The average molecular weight is 331 g/mol. The third-order valence-corrected chi connectivity index (χ3v) is 4.16. The standard InChI is InChI=1S/C18H25N3O3/c1-13(2)18-20-19-17(24-18)12-21-7-8-23-16(11-21)10-14-5-4-6-15(9-14)22-3/h4-6,9,13,16H,7-8,10-12H2,1-3H3/t16-/m0/s1. The SMILES string of the molecule is COc1cccc(C[C@H]2CN(Cc3nnc(C(C)C)o3)CCO2)c1. The Labute approximate surface area is 142 Å². The Hall–Kier alpha value is -1.92. The molecular formula is C18H25N3O3. The number of morpholine rings is 1. The van der Waals surface area contributed by atoms with Crippen molar-refractivity contribution in [2.45, 2.75) is 38.8 Å². The first-order valence-corrected chi connectivity index (χ1v) is 8.43. The van der Waals surface area contributed by atoms with E-state index in [0.29, 0.717) is 18.3 Å². The molecule has 0 bridgehead atoms. The van der Waals surface area contributed by atoms with Crippen molar-refractivity contribution < 1.29 is 13.9 Å². The second-order valence-corrected chi connectivity index (χ2v) is 6.47. The van der Waals surface area contributed by atoms with E-state index in [2.05, 4.69) is 41.1 Å². The van der Waals surface area contributed by atoms with E-state index in [9.17, 15) is 0 Å². The van der Waals surface area contributed by atoms with E-state index in [0.717, 1.165) is 31.9 Å². The van der Waals surface area contributed by atoms with Crippen molar-refractivity contribution >= 4 is 0 Å². The summed E-state index contributed by atoms with van der Waals surface area (Å²) in [5, 5.41) is 8.25. The lowest BCUT2D eigenvalue weighted by Gasteiger charge is -2.32. The maximum absolute atomic E-state index is 5.92. The zero-order chi connectivity index (χ0) is 16.9. The quantitative estimate of drug-likeness (QED) is 0.811. The molecule has 0 radical (unpaired) electrons. The van der Waals surface area contributed by atoms with E-state index in [4.69, 9.17) is 13.9 Å². The Morgan fingerprint density at radius 2 is 2.21 bits per heavy atom. The van der Waals surface area contributed by atoms with Crippen LogP contribution in [0, 0.1) is 0 Å². The van der Waals surface area contributed by atoms with Gasteiger partial charge in [0.15, 0.2) is 0 Å². The van der Waals surface area contributed by atoms with Gasteiger partial charge in [0.05, 0.1) is 26.4 Å². The maximum atomic E-state index is 5.92. The van der Waals surface area contributed by atoms with Crippen LogP contribution in [0.25, 0.3) is 0 Å². The lowest BCUT2D eigenvalue weighted by Crippen LogP contribution is -2.42. The number of benzene rings is 1. The number of aromatic nitrogens is 2. The van der Waals surface area contributed by atoms with Crippen LogP contribution in [0.4, 0.5) is 0 Å². The van der Waals surface area contributed by atoms with Crippen LogP contribution in [0.5, 0.6) is 5.75 Å². The topological polar surface area (TPSA) is 60.6 Å². The third-order valence-electron chi connectivity index (χ3n) is 4.16. The van der Waals surface area contributed by atoms with Crippen LogP contribution in [-0.4, -0.2) is 48.0 Å². The molecular weight excluding hydrogens is 306 g/mol. The lowest BCUT2D eigenvalue weighted by atomic mass is 10.1. The molecule has 0 N–H and O–H groups in total. The van der Waals surface area contributed by atoms with Crippen molar-refractivity contribution in [1.29, 1.82) is 0 Å². The number of methoxy groups -OCH3 is 1. The van der Waals surface area contributed by atoms with Gasteiger partial charge in [0, 0.05) is 25.4 Å². The number of rotatable bonds is 6. The van der Waals surface area contributed by atoms with Gasteiger partial charge < -0.3 is 13.9 Å². The van der Waals surface area contributed by atoms with Crippen molar-refractivity contribution in [3.05, 3.63) is 41.6 Å². The van der Waals surface area contributed by atoms with Crippen molar-refractivity contribution in [3.8, 4) is 5.75 Å². The first-order chi connectivity index (χ1) is 11.6. The minimum Gasteiger partial charge on any atom is -0.497 e. The van der Waals surface area contributed by atoms with Gasteiger partial charge in [0.1, 0.15) is 5.75 Å². The minimum absolute atomic E-state index is 0.165. The van der Waals surface area contributed by atoms with Crippen molar-refractivity contribution in [2.24, 2.45) is 0 Å². The molecule has 130 valence electrons. The fourth-order valence-electron chi connectivity index (χ4n) is 2.86. The Balaban J connectivity index is 1.57. The van der Waals surface area contributed by atoms with E-state index >= 15 is 0 Å². The molecule has 1 saturated heterocycles. The molecule has 2 heterocycles. The van der Waals surface area contributed by atoms with Gasteiger partial charge >= 0.3 is 0 Å². The monoisotopic (exact) mass is 331 g/mol. The van der Waals surface area contributed by atoms with Gasteiger partial charge in [-0.25, -0.2) is 0 Å². The fourth-order valence-corrected chi connectivity index (χ4v) is 2.86. The largest absolute Gasteiger partial charge is 0.497 e.